The molecule has 78 heavy (non-hydrogen) atoms. The van der Waals surface area contributed by atoms with Crippen molar-refractivity contribution < 1.29 is 63.5 Å². The van der Waals surface area contributed by atoms with Crippen molar-refractivity contribution in [3.63, 3.8) is 0 Å². The summed E-state index contributed by atoms with van der Waals surface area (Å²) < 4.78 is 31.2. The van der Waals surface area contributed by atoms with E-state index >= 15 is 0 Å². The van der Waals surface area contributed by atoms with Gasteiger partial charge in [-0.2, -0.15) is 0 Å². The fraction of sp³-hybridized carbons (Fsp3) is 0.317. The van der Waals surface area contributed by atoms with Crippen LogP contribution in [0.5, 0.6) is 34.5 Å². The van der Waals surface area contributed by atoms with Gasteiger partial charge >= 0.3 is 11.9 Å². The molecule has 0 radical (unpaired) electrons. The molecular weight excluding hydrogens is 993 g/mol. The van der Waals surface area contributed by atoms with Gasteiger partial charge in [0.15, 0.2) is 36.2 Å². The highest BCUT2D eigenvalue weighted by Gasteiger charge is 2.42. The largest absolute Gasteiger partial charge is 0.493 e. The van der Waals surface area contributed by atoms with Gasteiger partial charge in [-0.1, -0.05) is 60.7 Å². The number of hydrogen-bond donors (Lipinski definition) is 5. The zero-order chi connectivity index (χ0) is 56.4. The Kier molecular flexibility index (Phi) is 24.4. The molecule has 0 saturated carbocycles. The minimum absolute atomic E-state index is 0.223. The van der Waals surface area contributed by atoms with E-state index in [0.29, 0.717) is 83.1 Å². The fourth-order valence-corrected chi connectivity index (χ4v) is 9.29. The number of carboxylic acid groups (broad SMARTS) is 2. The van der Waals surface area contributed by atoms with Crippen molar-refractivity contribution >= 4 is 22.8 Å². The topological polar surface area (TPSA) is 207 Å². The molecule has 3 fully saturated rings. The maximum absolute atomic E-state index is 11.0. The maximum atomic E-state index is 11.0. The van der Waals surface area contributed by atoms with Gasteiger partial charge in [-0.3, -0.25) is 9.88 Å². The van der Waals surface area contributed by atoms with Crippen molar-refractivity contribution in [1.29, 1.82) is 0 Å². The number of aromatic nitrogens is 1. The zero-order valence-electron chi connectivity index (χ0n) is 44.4. The number of methoxy groups -OCH3 is 4. The molecule has 0 aliphatic carbocycles. The molecule has 5 N–H and O–H groups in total. The molecule has 0 spiro atoms. The lowest BCUT2D eigenvalue weighted by Crippen LogP contribution is -2.54. The quantitative estimate of drug-likeness (QED) is 0.0337. The molecule has 15 nitrogen and oxygen atoms in total. The van der Waals surface area contributed by atoms with Crippen LogP contribution in [0, 0.1) is 48.4 Å². The second-order valence-electron chi connectivity index (χ2n) is 18.1. The molecule has 5 aromatic carbocycles. The van der Waals surface area contributed by atoms with Crippen molar-refractivity contribution in [2.75, 3.05) is 54.7 Å². The van der Waals surface area contributed by atoms with Crippen LogP contribution in [0.25, 0.3) is 10.9 Å². The Balaban J connectivity index is 0.000000205. The third-order valence-electron chi connectivity index (χ3n) is 13.2. The summed E-state index contributed by atoms with van der Waals surface area (Å²) in [6, 6.07) is 35.2. The van der Waals surface area contributed by atoms with E-state index in [4.69, 9.17) is 51.5 Å². The Hall–Kier alpha value is -8.49. The molecule has 3 aliphatic rings. The smallest absolute Gasteiger partial charge is 0.341 e. The van der Waals surface area contributed by atoms with Crippen LogP contribution in [0.4, 0.5) is 0 Å². The first-order valence-corrected chi connectivity index (χ1v) is 25.2. The lowest BCUT2D eigenvalue weighted by molar-refractivity contribution is -0.140. The molecule has 6 aromatic rings. The molecule has 1 aromatic heterocycles. The number of terminal acetylenes is 2. The molecule has 9 rings (SSSR count). The highest BCUT2D eigenvalue weighted by molar-refractivity contribution is 5.82. The molecule has 0 amide bonds. The fourth-order valence-electron chi connectivity index (χ4n) is 9.29. The lowest BCUT2D eigenvalue weighted by atomic mass is 9.73. The van der Waals surface area contributed by atoms with Crippen LogP contribution in [0.3, 0.4) is 0 Å². The zero-order valence-corrected chi connectivity index (χ0v) is 44.4. The van der Waals surface area contributed by atoms with Crippen molar-refractivity contribution in [3.8, 4) is 71.0 Å². The van der Waals surface area contributed by atoms with Crippen LogP contribution < -0.4 is 28.4 Å². The predicted octanol–water partition coefficient (Wildman–Crippen LogP) is 9.09. The molecule has 3 aliphatic heterocycles. The number of piperidine rings is 3. The SMILES string of the molecule is C#CC#CC#C.C=C[C@H]1CN2CC[C@H]1C[C@H]2[C@H](O)c1ccnc2ccccc12.COc1ccc(CC[C@@H](O)c2cccc(OCC(=O)O)c2)cc1OC.COc1ccc(CC[C@@H](O)c2cccc(OCC(=O)O)c2)cc1OC. The van der Waals surface area contributed by atoms with Crippen LogP contribution >= 0.6 is 0 Å². The van der Waals surface area contributed by atoms with Gasteiger partial charge < -0.3 is 54.0 Å². The average Bonchev–Trinajstić information content (AvgIpc) is 3.58. The highest BCUT2D eigenvalue weighted by atomic mass is 16.5. The molecule has 7 atom stereocenters. The summed E-state index contributed by atoms with van der Waals surface area (Å²) in [4.78, 5) is 28.0. The number of para-hydroxylation sites is 1. The normalized spacial score (nSPS) is 16.7. The molecule has 1 unspecified atom stereocenters. The van der Waals surface area contributed by atoms with Crippen LogP contribution in [0.2, 0.25) is 0 Å². The van der Waals surface area contributed by atoms with Gasteiger partial charge in [-0.05, 0) is 169 Å². The number of fused-ring (bicyclic) bond motifs is 4. The number of carboxylic acids is 2. The molecule has 3 saturated heterocycles. The number of rotatable bonds is 21. The van der Waals surface area contributed by atoms with Gasteiger partial charge in [-0.25, -0.2) is 9.59 Å². The number of ether oxygens (including phenoxy) is 6. The summed E-state index contributed by atoms with van der Waals surface area (Å²) in [5.41, 5.74) is 5.38. The summed E-state index contributed by atoms with van der Waals surface area (Å²) in [7, 11) is 6.33. The first-order chi connectivity index (χ1) is 37.7. The van der Waals surface area contributed by atoms with Gasteiger partial charge in [0.05, 0.1) is 52.3 Å². The first kappa shape index (κ1) is 60.4. The number of aliphatic carboxylic acids is 2. The highest BCUT2D eigenvalue weighted by Crippen LogP contribution is 2.42. The summed E-state index contributed by atoms with van der Waals surface area (Å²) in [6.07, 6.45) is 16.1. The van der Waals surface area contributed by atoms with Crippen LogP contribution in [0.1, 0.15) is 71.8 Å². The number of hydrogen-bond acceptors (Lipinski definition) is 13. The van der Waals surface area contributed by atoms with Crippen LogP contribution in [0.15, 0.2) is 134 Å². The summed E-state index contributed by atoms with van der Waals surface area (Å²) in [5, 5.41) is 50.2. The Morgan fingerprint density at radius 1 is 0.692 bits per heavy atom. The van der Waals surface area contributed by atoms with Gasteiger partial charge in [0.25, 0.3) is 0 Å². The Bertz CT molecular complexity index is 2920. The number of nitrogens with zero attached hydrogens (tertiary/aromatic N) is 2. The van der Waals surface area contributed by atoms with Crippen LogP contribution in [-0.2, 0) is 22.4 Å². The summed E-state index contributed by atoms with van der Waals surface area (Å²) in [5.74, 6) is 11.3. The maximum Gasteiger partial charge on any atom is 0.341 e. The van der Waals surface area contributed by atoms with E-state index in [1.54, 1.807) is 77.0 Å². The third-order valence-corrected chi connectivity index (χ3v) is 13.2. The van der Waals surface area contributed by atoms with Gasteiger partial charge in [0, 0.05) is 24.2 Å². The molecule has 408 valence electrons. The Morgan fingerprint density at radius 2 is 1.21 bits per heavy atom. The lowest BCUT2D eigenvalue weighted by Gasteiger charge is -2.50. The predicted molar refractivity (Wildman–Crippen MR) is 299 cm³/mol. The number of aliphatic hydroxyl groups is 3. The number of benzene rings is 5. The Labute approximate surface area is 457 Å². The van der Waals surface area contributed by atoms with E-state index in [1.165, 1.54) is 6.42 Å². The van der Waals surface area contributed by atoms with Gasteiger partial charge in [0.2, 0.25) is 0 Å². The van der Waals surface area contributed by atoms with E-state index in [-0.39, 0.29) is 6.04 Å². The van der Waals surface area contributed by atoms with E-state index in [9.17, 15) is 24.9 Å². The number of carbonyl (C=O) groups is 2. The van der Waals surface area contributed by atoms with E-state index in [2.05, 4.69) is 52.3 Å². The number of aryl methyl sites for hydroxylation is 2. The number of pyridine rings is 1. The van der Waals surface area contributed by atoms with Crippen molar-refractivity contribution in [1.82, 2.24) is 9.88 Å². The van der Waals surface area contributed by atoms with Crippen molar-refractivity contribution in [3.05, 3.63) is 162 Å². The molecular formula is C63H68N2O13. The Morgan fingerprint density at radius 3 is 1.65 bits per heavy atom. The summed E-state index contributed by atoms with van der Waals surface area (Å²) >= 11 is 0. The second-order valence-corrected chi connectivity index (χ2v) is 18.1. The molecule has 2 bridgehead atoms. The average molecular weight is 1060 g/mol. The van der Waals surface area contributed by atoms with E-state index in [0.717, 1.165) is 47.1 Å². The van der Waals surface area contributed by atoms with E-state index in [1.807, 2.05) is 66.9 Å². The van der Waals surface area contributed by atoms with Crippen molar-refractivity contribution in [2.45, 2.75) is 62.9 Å². The first-order valence-electron chi connectivity index (χ1n) is 25.2. The summed E-state index contributed by atoms with van der Waals surface area (Å²) in [6.45, 7) is 5.29. The molecule has 4 heterocycles. The third kappa shape index (κ3) is 18.1. The van der Waals surface area contributed by atoms with Gasteiger partial charge in [-0.15, -0.1) is 19.4 Å². The monoisotopic (exact) mass is 1060 g/mol. The van der Waals surface area contributed by atoms with Crippen molar-refractivity contribution in [2.24, 2.45) is 11.8 Å². The van der Waals surface area contributed by atoms with Crippen LogP contribution in [-0.4, -0.2) is 108 Å². The van der Waals surface area contributed by atoms with E-state index < -0.39 is 43.5 Å². The second kappa shape index (κ2) is 31.5. The minimum atomic E-state index is -1.04. The minimum Gasteiger partial charge on any atom is -0.493 e. The molecule has 15 heteroatoms. The van der Waals surface area contributed by atoms with Gasteiger partial charge in [0.1, 0.15) is 11.5 Å². The number of aliphatic hydroxyl groups excluding tert-OH is 3. The standard InChI is InChI=1S/C19H22N2O.2C19H22O6.C6H2/c1-2-13-12-21-10-8-14(13)11-18(21)19(22)16-7-9-20-17-6-4-3-5-15(16)17;2*1-23-17-9-7-13(10-18(17)24-2)6-8-16(20)14-4-3-5-15(11-14)25-12-19(21)22;1-3-5-6-4-2/h2-7,9,13-14,18-19,22H,1,8,10-12H2;2*3-5,7,9-11,16,20H,6,8,12H2,1-2H3,(H,21,22);1-2H/t13-,14-,18-,19+;2*16-;/m011./s1.